The van der Waals surface area contributed by atoms with Crippen molar-refractivity contribution in [2.24, 2.45) is 5.92 Å². The summed E-state index contributed by atoms with van der Waals surface area (Å²) in [4.78, 5) is 0. The molecule has 0 saturated heterocycles. The van der Waals surface area contributed by atoms with E-state index in [-0.39, 0.29) is 16.9 Å². The molecule has 0 aromatic heterocycles. The van der Waals surface area contributed by atoms with E-state index in [2.05, 4.69) is 19.1 Å². The van der Waals surface area contributed by atoms with Gasteiger partial charge in [0.2, 0.25) is 0 Å². The van der Waals surface area contributed by atoms with Gasteiger partial charge >= 0.3 is 0 Å². The number of phenolic OH excluding ortho intramolecular Hbond substituents is 3. The average Bonchev–Trinajstić information content (AvgIpc) is 2.77. The third-order valence-electron chi connectivity index (χ3n) is 7.05. The fraction of sp³-hybridized carbons (Fsp3) is 0.333. The van der Waals surface area contributed by atoms with Crippen LogP contribution in [0.4, 0.5) is 0 Å². The van der Waals surface area contributed by atoms with Gasteiger partial charge in [-0.3, -0.25) is 0 Å². The van der Waals surface area contributed by atoms with Crippen molar-refractivity contribution < 1.29 is 15.3 Å². The SMILES string of the molecule is CCC(c1ccc(O)cc1)C1CCC(c2ccc(O)cc2)(c2ccc(O)cc2)CC1. The van der Waals surface area contributed by atoms with Crippen LogP contribution in [0.25, 0.3) is 0 Å². The molecule has 0 amide bonds. The van der Waals surface area contributed by atoms with Crippen LogP contribution in [0, 0.1) is 5.92 Å². The van der Waals surface area contributed by atoms with E-state index in [9.17, 15) is 15.3 Å². The summed E-state index contributed by atoms with van der Waals surface area (Å²) in [5, 5.41) is 29.2. The Hall–Kier alpha value is -2.94. The molecule has 30 heavy (non-hydrogen) atoms. The quantitative estimate of drug-likeness (QED) is 0.458. The number of benzene rings is 3. The molecule has 0 bridgehead atoms. The smallest absolute Gasteiger partial charge is 0.115 e. The third kappa shape index (κ3) is 3.89. The maximum absolute atomic E-state index is 9.79. The Balaban J connectivity index is 1.63. The molecular weight excluding hydrogens is 372 g/mol. The van der Waals surface area contributed by atoms with Crippen molar-refractivity contribution in [3.63, 3.8) is 0 Å². The van der Waals surface area contributed by atoms with Gasteiger partial charge in [-0.2, -0.15) is 0 Å². The summed E-state index contributed by atoms with van der Waals surface area (Å²) < 4.78 is 0. The van der Waals surface area contributed by atoms with Gasteiger partial charge in [0, 0.05) is 5.41 Å². The van der Waals surface area contributed by atoms with Crippen molar-refractivity contribution in [2.75, 3.05) is 0 Å². The second kappa shape index (κ2) is 8.43. The molecule has 0 aliphatic heterocycles. The highest BCUT2D eigenvalue weighted by molar-refractivity contribution is 5.43. The zero-order valence-electron chi connectivity index (χ0n) is 17.5. The van der Waals surface area contributed by atoms with Crippen LogP contribution in [-0.4, -0.2) is 15.3 Å². The van der Waals surface area contributed by atoms with Crippen LogP contribution in [0.1, 0.15) is 61.6 Å². The fourth-order valence-corrected chi connectivity index (χ4v) is 5.40. The van der Waals surface area contributed by atoms with E-state index in [1.807, 2.05) is 24.3 Å². The number of phenols is 3. The summed E-state index contributed by atoms with van der Waals surface area (Å²) >= 11 is 0. The van der Waals surface area contributed by atoms with Crippen molar-refractivity contribution in [1.29, 1.82) is 0 Å². The highest BCUT2D eigenvalue weighted by Crippen LogP contribution is 2.50. The first-order chi connectivity index (χ1) is 14.5. The van der Waals surface area contributed by atoms with Crippen LogP contribution in [0.15, 0.2) is 72.8 Å². The van der Waals surface area contributed by atoms with E-state index in [1.165, 1.54) is 16.7 Å². The largest absolute Gasteiger partial charge is 0.508 e. The Morgan fingerprint density at radius 2 is 1.10 bits per heavy atom. The number of aromatic hydroxyl groups is 3. The lowest BCUT2D eigenvalue weighted by Gasteiger charge is -2.43. The molecule has 1 fully saturated rings. The number of hydrogen-bond donors (Lipinski definition) is 3. The summed E-state index contributed by atoms with van der Waals surface area (Å²) in [6.45, 7) is 2.25. The molecule has 1 atom stereocenters. The van der Waals surface area contributed by atoms with Gasteiger partial charge in [-0.25, -0.2) is 0 Å². The van der Waals surface area contributed by atoms with Gasteiger partial charge < -0.3 is 15.3 Å². The maximum Gasteiger partial charge on any atom is 0.115 e. The zero-order valence-corrected chi connectivity index (χ0v) is 17.5. The van der Waals surface area contributed by atoms with Gasteiger partial charge in [-0.1, -0.05) is 43.3 Å². The Morgan fingerprint density at radius 3 is 1.50 bits per heavy atom. The fourth-order valence-electron chi connectivity index (χ4n) is 5.40. The van der Waals surface area contributed by atoms with Gasteiger partial charge in [0.05, 0.1) is 0 Å². The molecule has 4 rings (SSSR count). The second-order valence-electron chi connectivity index (χ2n) is 8.62. The molecule has 1 unspecified atom stereocenters. The van der Waals surface area contributed by atoms with Crippen molar-refractivity contribution in [2.45, 2.75) is 50.4 Å². The van der Waals surface area contributed by atoms with E-state index < -0.39 is 0 Å². The Bertz CT molecular complexity index is 903. The minimum absolute atomic E-state index is 0.106. The summed E-state index contributed by atoms with van der Waals surface area (Å²) in [6, 6.07) is 23.0. The lowest BCUT2D eigenvalue weighted by Crippen LogP contribution is -2.34. The predicted octanol–water partition coefficient (Wildman–Crippen LogP) is 6.47. The van der Waals surface area contributed by atoms with E-state index in [0.717, 1.165) is 32.1 Å². The van der Waals surface area contributed by atoms with E-state index >= 15 is 0 Å². The number of hydrogen-bond acceptors (Lipinski definition) is 3. The summed E-state index contributed by atoms with van der Waals surface area (Å²) in [7, 11) is 0. The Morgan fingerprint density at radius 1 is 0.700 bits per heavy atom. The highest BCUT2D eigenvalue weighted by Gasteiger charge is 2.40. The first-order valence-electron chi connectivity index (χ1n) is 10.9. The lowest BCUT2D eigenvalue weighted by atomic mass is 9.60. The molecule has 156 valence electrons. The van der Waals surface area contributed by atoms with Gasteiger partial charge in [-0.15, -0.1) is 0 Å². The minimum atomic E-state index is -0.106. The minimum Gasteiger partial charge on any atom is -0.508 e. The maximum atomic E-state index is 9.79. The topological polar surface area (TPSA) is 60.7 Å². The van der Waals surface area contributed by atoms with Crippen molar-refractivity contribution in [1.82, 2.24) is 0 Å². The van der Waals surface area contributed by atoms with Crippen molar-refractivity contribution in [3.8, 4) is 17.2 Å². The molecular formula is C27H30O3. The van der Waals surface area contributed by atoms with Crippen LogP contribution < -0.4 is 0 Å². The van der Waals surface area contributed by atoms with Gasteiger partial charge in [-0.05, 0) is 97.0 Å². The second-order valence-corrected chi connectivity index (χ2v) is 8.62. The number of rotatable bonds is 5. The molecule has 3 aromatic rings. The molecule has 3 aromatic carbocycles. The Labute approximate surface area is 178 Å². The highest BCUT2D eigenvalue weighted by atomic mass is 16.3. The summed E-state index contributed by atoms with van der Waals surface area (Å²) in [5.41, 5.74) is 3.65. The molecule has 1 aliphatic carbocycles. The molecule has 3 heteroatoms. The van der Waals surface area contributed by atoms with Crippen LogP contribution >= 0.6 is 0 Å². The van der Waals surface area contributed by atoms with Crippen molar-refractivity contribution in [3.05, 3.63) is 89.5 Å². The lowest BCUT2D eigenvalue weighted by molar-refractivity contribution is 0.231. The molecule has 1 aliphatic rings. The third-order valence-corrected chi connectivity index (χ3v) is 7.05. The van der Waals surface area contributed by atoms with Crippen LogP contribution in [0.3, 0.4) is 0 Å². The molecule has 0 radical (unpaired) electrons. The predicted molar refractivity (Wildman–Crippen MR) is 120 cm³/mol. The van der Waals surface area contributed by atoms with Crippen LogP contribution in [0.2, 0.25) is 0 Å². The standard InChI is InChI=1S/C27H30O3/c1-2-26(19-3-9-23(28)10-4-19)20-15-17-27(18-16-20,21-5-11-24(29)12-6-21)22-7-13-25(30)14-8-22/h3-14,20,26,28-30H,2,15-18H2,1H3. The van der Waals surface area contributed by atoms with Crippen molar-refractivity contribution >= 4 is 0 Å². The van der Waals surface area contributed by atoms with Crippen LogP contribution in [0.5, 0.6) is 17.2 Å². The molecule has 0 spiro atoms. The average molecular weight is 403 g/mol. The summed E-state index contributed by atoms with van der Waals surface area (Å²) in [5.74, 6) is 1.97. The van der Waals surface area contributed by atoms with Gasteiger partial charge in [0.15, 0.2) is 0 Å². The van der Waals surface area contributed by atoms with E-state index in [0.29, 0.717) is 17.6 Å². The molecule has 1 saturated carbocycles. The molecule has 3 N–H and O–H groups in total. The Kier molecular flexibility index (Phi) is 5.72. The first-order valence-corrected chi connectivity index (χ1v) is 10.9. The summed E-state index contributed by atoms with van der Waals surface area (Å²) in [6.07, 6.45) is 5.37. The normalized spacial score (nSPS) is 17.5. The monoisotopic (exact) mass is 402 g/mol. The first kappa shape index (κ1) is 20.3. The molecule has 0 heterocycles. The zero-order chi connectivity index (χ0) is 21.1. The van der Waals surface area contributed by atoms with Gasteiger partial charge in [0.25, 0.3) is 0 Å². The van der Waals surface area contributed by atoms with Gasteiger partial charge in [0.1, 0.15) is 17.2 Å². The molecule has 3 nitrogen and oxygen atoms in total. The van der Waals surface area contributed by atoms with E-state index in [1.54, 1.807) is 36.4 Å². The van der Waals surface area contributed by atoms with Crippen LogP contribution in [-0.2, 0) is 5.41 Å². The van der Waals surface area contributed by atoms with E-state index in [4.69, 9.17) is 0 Å².